The topological polar surface area (TPSA) is 84.9 Å². The van der Waals surface area contributed by atoms with Crippen molar-refractivity contribution in [2.24, 2.45) is 0 Å². The fraction of sp³-hybridized carbons (Fsp3) is 0.800. The van der Waals surface area contributed by atoms with Gasteiger partial charge in [-0.15, -0.1) is 0 Å². The Labute approximate surface area is 102 Å². The van der Waals surface area contributed by atoms with Crippen LogP contribution in [0.4, 0.5) is 8.78 Å². The number of hydrogen-bond donors (Lipinski definition) is 2. The molecule has 1 aliphatic rings. The van der Waals surface area contributed by atoms with Gasteiger partial charge < -0.3 is 19.9 Å². The van der Waals surface area contributed by atoms with Crippen molar-refractivity contribution >= 4 is 11.9 Å². The summed E-state index contributed by atoms with van der Waals surface area (Å²) in [4.78, 5) is 22.5. The van der Waals surface area contributed by atoms with Gasteiger partial charge >= 0.3 is 5.97 Å². The second-order valence-corrected chi connectivity index (χ2v) is 3.95. The first-order valence-corrected chi connectivity index (χ1v) is 5.44. The molecule has 2 N–H and O–H groups in total. The van der Waals surface area contributed by atoms with Gasteiger partial charge in [-0.05, 0) is 0 Å². The SMILES string of the molecule is O=C(CCOCC(F)F)NC1(C(=O)O)CCOC1. The summed E-state index contributed by atoms with van der Waals surface area (Å²) >= 11 is 0. The zero-order valence-corrected chi connectivity index (χ0v) is 9.66. The lowest BCUT2D eigenvalue weighted by molar-refractivity contribution is -0.147. The van der Waals surface area contributed by atoms with Crippen molar-refractivity contribution in [2.75, 3.05) is 26.4 Å². The molecule has 1 amide bonds. The average Bonchev–Trinajstić information content (AvgIpc) is 2.74. The van der Waals surface area contributed by atoms with E-state index >= 15 is 0 Å². The summed E-state index contributed by atoms with van der Waals surface area (Å²) in [6, 6.07) is 0. The Morgan fingerprint density at radius 2 is 2.22 bits per heavy atom. The fourth-order valence-electron chi connectivity index (χ4n) is 1.55. The lowest BCUT2D eigenvalue weighted by Crippen LogP contribution is -2.55. The zero-order valence-electron chi connectivity index (χ0n) is 9.66. The molecular formula is C10H15F2NO5. The van der Waals surface area contributed by atoms with Gasteiger partial charge in [0.2, 0.25) is 5.91 Å². The molecule has 1 fully saturated rings. The number of ether oxygens (including phenoxy) is 2. The molecule has 0 aromatic rings. The van der Waals surface area contributed by atoms with E-state index in [9.17, 15) is 18.4 Å². The molecule has 1 heterocycles. The number of carbonyl (C=O) groups is 2. The van der Waals surface area contributed by atoms with E-state index in [1.54, 1.807) is 0 Å². The number of amides is 1. The van der Waals surface area contributed by atoms with Gasteiger partial charge in [0.25, 0.3) is 6.43 Å². The predicted molar refractivity (Wildman–Crippen MR) is 55.4 cm³/mol. The molecule has 18 heavy (non-hydrogen) atoms. The Bertz CT molecular complexity index is 305. The molecular weight excluding hydrogens is 252 g/mol. The molecule has 0 radical (unpaired) electrons. The van der Waals surface area contributed by atoms with E-state index in [1.165, 1.54) is 0 Å². The molecule has 0 aliphatic carbocycles. The summed E-state index contributed by atoms with van der Waals surface area (Å²) in [5, 5.41) is 11.4. The molecule has 0 aromatic carbocycles. The summed E-state index contributed by atoms with van der Waals surface area (Å²) < 4.78 is 33.0. The zero-order chi connectivity index (χ0) is 13.6. The first-order valence-electron chi connectivity index (χ1n) is 5.44. The minimum Gasteiger partial charge on any atom is -0.479 e. The first kappa shape index (κ1) is 14.8. The molecule has 0 spiro atoms. The summed E-state index contributed by atoms with van der Waals surface area (Å²) in [5.41, 5.74) is -1.40. The third kappa shape index (κ3) is 4.19. The minimum atomic E-state index is -2.58. The van der Waals surface area contributed by atoms with Gasteiger partial charge in [0, 0.05) is 19.4 Å². The van der Waals surface area contributed by atoms with Crippen LogP contribution in [-0.4, -0.2) is 55.4 Å². The molecule has 1 rings (SSSR count). The number of halogens is 2. The standard InChI is InChI=1S/C10H15F2NO5/c11-7(12)5-17-3-1-8(14)13-10(9(15)16)2-4-18-6-10/h7H,1-6H2,(H,13,14)(H,15,16). The van der Waals surface area contributed by atoms with E-state index < -0.39 is 30.4 Å². The van der Waals surface area contributed by atoms with Gasteiger partial charge in [0.15, 0.2) is 5.54 Å². The van der Waals surface area contributed by atoms with Gasteiger partial charge in [-0.3, -0.25) is 4.79 Å². The molecule has 104 valence electrons. The molecule has 1 atom stereocenters. The van der Waals surface area contributed by atoms with Gasteiger partial charge in [-0.1, -0.05) is 0 Å². The number of rotatable bonds is 7. The number of alkyl halides is 2. The number of carboxylic acid groups (broad SMARTS) is 1. The highest BCUT2D eigenvalue weighted by molar-refractivity contribution is 5.87. The van der Waals surface area contributed by atoms with Crippen molar-refractivity contribution in [1.29, 1.82) is 0 Å². The summed E-state index contributed by atoms with van der Waals surface area (Å²) in [6.07, 6.45) is -2.56. The van der Waals surface area contributed by atoms with Crippen molar-refractivity contribution < 1.29 is 33.0 Å². The lowest BCUT2D eigenvalue weighted by atomic mass is 9.99. The molecule has 1 saturated heterocycles. The number of hydrogen-bond acceptors (Lipinski definition) is 4. The Morgan fingerprint density at radius 3 is 2.72 bits per heavy atom. The number of carbonyl (C=O) groups excluding carboxylic acids is 1. The molecule has 0 saturated carbocycles. The van der Waals surface area contributed by atoms with Crippen molar-refractivity contribution in [1.82, 2.24) is 5.32 Å². The normalized spacial score (nSPS) is 23.3. The van der Waals surface area contributed by atoms with Crippen LogP contribution in [0.1, 0.15) is 12.8 Å². The highest BCUT2D eigenvalue weighted by Crippen LogP contribution is 2.19. The molecule has 1 unspecified atom stereocenters. The largest absolute Gasteiger partial charge is 0.479 e. The molecule has 1 aliphatic heterocycles. The van der Waals surface area contributed by atoms with Crippen LogP contribution < -0.4 is 5.32 Å². The molecule has 8 heteroatoms. The average molecular weight is 267 g/mol. The van der Waals surface area contributed by atoms with Crippen LogP contribution in [0.25, 0.3) is 0 Å². The maximum Gasteiger partial charge on any atom is 0.331 e. The second-order valence-electron chi connectivity index (χ2n) is 3.95. The van der Waals surface area contributed by atoms with Crippen molar-refractivity contribution in [3.8, 4) is 0 Å². The van der Waals surface area contributed by atoms with Crippen LogP contribution in [0.5, 0.6) is 0 Å². The summed E-state index contributed by atoms with van der Waals surface area (Å²) in [6.45, 7) is -0.742. The molecule has 0 bridgehead atoms. The van der Waals surface area contributed by atoms with Gasteiger partial charge in [0.1, 0.15) is 6.61 Å². The minimum absolute atomic E-state index is 0.0913. The number of aliphatic carboxylic acids is 1. The van der Waals surface area contributed by atoms with Crippen LogP contribution >= 0.6 is 0 Å². The van der Waals surface area contributed by atoms with E-state index in [0.29, 0.717) is 0 Å². The van der Waals surface area contributed by atoms with Crippen LogP contribution in [0.3, 0.4) is 0 Å². The fourth-order valence-corrected chi connectivity index (χ4v) is 1.55. The van der Waals surface area contributed by atoms with Crippen LogP contribution in [0.15, 0.2) is 0 Å². The van der Waals surface area contributed by atoms with Crippen molar-refractivity contribution in [3.05, 3.63) is 0 Å². The van der Waals surface area contributed by atoms with E-state index in [2.05, 4.69) is 10.1 Å². The maximum absolute atomic E-state index is 11.7. The highest BCUT2D eigenvalue weighted by atomic mass is 19.3. The Kier molecular flexibility index (Phi) is 5.42. The van der Waals surface area contributed by atoms with Gasteiger partial charge in [-0.2, -0.15) is 0 Å². The van der Waals surface area contributed by atoms with Gasteiger partial charge in [0.05, 0.1) is 13.2 Å². The predicted octanol–water partition coefficient (Wildman–Crippen LogP) is 0.0181. The van der Waals surface area contributed by atoms with E-state index in [-0.39, 0.29) is 32.7 Å². The Morgan fingerprint density at radius 1 is 1.50 bits per heavy atom. The van der Waals surface area contributed by atoms with Crippen LogP contribution in [0, 0.1) is 0 Å². The van der Waals surface area contributed by atoms with Gasteiger partial charge in [-0.25, -0.2) is 13.6 Å². The molecule has 0 aromatic heterocycles. The lowest BCUT2D eigenvalue weighted by Gasteiger charge is -2.23. The first-order chi connectivity index (χ1) is 8.46. The van der Waals surface area contributed by atoms with Crippen molar-refractivity contribution in [2.45, 2.75) is 24.8 Å². The molecule has 6 nitrogen and oxygen atoms in total. The quantitative estimate of drug-likeness (QED) is 0.635. The second kappa shape index (κ2) is 6.60. The van der Waals surface area contributed by atoms with E-state index in [0.717, 1.165) is 0 Å². The Balaban J connectivity index is 2.32. The third-order valence-corrected chi connectivity index (χ3v) is 2.53. The van der Waals surface area contributed by atoms with E-state index in [4.69, 9.17) is 9.84 Å². The third-order valence-electron chi connectivity index (χ3n) is 2.53. The number of carboxylic acids is 1. The smallest absolute Gasteiger partial charge is 0.331 e. The highest BCUT2D eigenvalue weighted by Gasteiger charge is 2.43. The summed E-state index contributed by atoms with van der Waals surface area (Å²) in [5.74, 6) is -1.72. The monoisotopic (exact) mass is 267 g/mol. The Hall–Kier alpha value is -1.28. The number of nitrogens with one attached hydrogen (secondary N) is 1. The van der Waals surface area contributed by atoms with Crippen LogP contribution in [-0.2, 0) is 19.1 Å². The van der Waals surface area contributed by atoms with Crippen LogP contribution in [0.2, 0.25) is 0 Å². The van der Waals surface area contributed by atoms with E-state index in [1.807, 2.05) is 0 Å². The summed E-state index contributed by atoms with van der Waals surface area (Å²) in [7, 11) is 0. The van der Waals surface area contributed by atoms with Crippen molar-refractivity contribution in [3.63, 3.8) is 0 Å². The maximum atomic E-state index is 11.7.